The second-order valence-corrected chi connectivity index (χ2v) is 5.80. The molecule has 2 saturated heterocycles. The SMILES string of the molecule is COCCOc1cc(O)cc(C(=O)N[C@H]2CO[C@H]3[C@@H]2OC[C@H]3O)c1. The van der Waals surface area contributed by atoms with E-state index in [-0.39, 0.29) is 42.6 Å². The Balaban J connectivity index is 1.64. The molecule has 24 heavy (non-hydrogen) atoms. The highest BCUT2D eigenvalue weighted by atomic mass is 16.6. The lowest BCUT2D eigenvalue weighted by molar-refractivity contribution is 0.0178. The first-order valence-electron chi connectivity index (χ1n) is 7.76. The van der Waals surface area contributed by atoms with E-state index < -0.39 is 12.2 Å². The Hall–Kier alpha value is -1.87. The number of aromatic hydroxyl groups is 1. The van der Waals surface area contributed by atoms with Crippen LogP contribution in [0.1, 0.15) is 10.4 Å². The van der Waals surface area contributed by atoms with Crippen molar-refractivity contribution < 1.29 is 34.0 Å². The molecule has 0 spiro atoms. The van der Waals surface area contributed by atoms with Gasteiger partial charge in [-0.05, 0) is 12.1 Å². The van der Waals surface area contributed by atoms with Crippen molar-refractivity contribution in [2.45, 2.75) is 24.4 Å². The van der Waals surface area contributed by atoms with Gasteiger partial charge in [-0.25, -0.2) is 0 Å². The molecule has 0 radical (unpaired) electrons. The molecule has 0 saturated carbocycles. The van der Waals surface area contributed by atoms with Gasteiger partial charge >= 0.3 is 0 Å². The second kappa shape index (κ2) is 7.35. The molecule has 0 unspecified atom stereocenters. The third-order valence-corrected chi connectivity index (χ3v) is 4.05. The zero-order valence-electron chi connectivity index (χ0n) is 13.3. The summed E-state index contributed by atoms with van der Waals surface area (Å²) in [5.41, 5.74) is 0.268. The minimum Gasteiger partial charge on any atom is -0.508 e. The molecule has 8 heteroatoms. The molecule has 2 aliphatic heterocycles. The van der Waals surface area contributed by atoms with Gasteiger partial charge < -0.3 is 34.5 Å². The number of carbonyl (C=O) groups is 1. The van der Waals surface area contributed by atoms with E-state index in [9.17, 15) is 15.0 Å². The largest absolute Gasteiger partial charge is 0.508 e. The van der Waals surface area contributed by atoms with Gasteiger partial charge in [0.25, 0.3) is 5.91 Å². The molecule has 0 aromatic heterocycles. The minimum absolute atomic E-state index is 0.0665. The maximum absolute atomic E-state index is 12.4. The molecular formula is C16H21NO7. The van der Waals surface area contributed by atoms with Crippen molar-refractivity contribution in [1.29, 1.82) is 0 Å². The van der Waals surface area contributed by atoms with Gasteiger partial charge in [-0.15, -0.1) is 0 Å². The van der Waals surface area contributed by atoms with Crippen LogP contribution in [-0.4, -0.2) is 74.0 Å². The summed E-state index contributed by atoms with van der Waals surface area (Å²) in [5, 5.41) is 22.3. The van der Waals surface area contributed by atoms with E-state index in [2.05, 4.69) is 5.32 Å². The molecule has 4 atom stereocenters. The van der Waals surface area contributed by atoms with E-state index in [1.165, 1.54) is 12.1 Å². The van der Waals surface area contributed by atoms with E-state index in [1.54, 1.807) is 13.2 Å². The lowest BCUT2D eigenvalue weighted by Crippen LogP contribution is -2.44. The molecule has 1 aromatic rings. The van der Waals surface area contributed by atoms with Gasteiger partial charge in [-0.1, -0.05) is 0 Å². The van der Waals surface area contributed by atoms with Gasteiger partial charge in [0.15, 0.2) is 0 Å². The summed E-state index contributed by atoms with van der Waals surface area (Å²) in [6.07, 6.45) is -1.44. The van der Waals surface area contributed by atoms with Crippen LogP contribution in [0.5, 0.6) is 11.5 Å². The number of aliphatic hydroxyl groups excluding tert-OH is 1. The van der Waals surface area contributed by atoms with Crippen LogP contribution in [0.25, 0.3) is 0 Å². The first-order valence-corrected chi connectivity index (χ1v) is 7.76. The van der Waals surface area contributed by atoms with E-state index in [0.29, 0.717) is 19.0 Å². The summed E-state index contributed by atoms with van der Waals surface area (Å²) < 4.78 is 21.3. The summed E-state index contributed by atoms with van der Waals surface area (Å²) in [4.78, 5) is 12.4. The average molecular weight is 339 g/mol. The molecule has 8 nitrogen and oxygen atoms in total. The van der Waals surface area contributed by atoms with E-state index in [1.807, 2.05) is 0 Å². The molecule has 1 amide bonds. The van der Waals surface area contributed by atoms with Crippen LogP contribution in [0.3, 0.4) is 0 Å². The molecule has 2 fully saturated rings. The Bertz CT molecular complexity index is 594. The predicted molar refractivity (Wildman–Crippen MR) is 82.2 cm³/mol. The van der Waals surface area contributed by atoms with Gasteiger partial charge in [0.2, 0.25) is 0 Å². The number of hydrogen-bond donors (Lipinski definition) is 3. The fourth-order valence-electron chi connectivity index (χ4n) is 2.90. The highest BCUT2D eigenvalue weighted by Crippen LogP contribution is 2.28. The number of rotatable bonds is 6. The molecule has 2 heterocycles. The van der Waals surface area contributed by atoms with Gasteiger partial charge in [-0.3, -0.25) is 4.79 Å². The number of phenols is 1. The normalized spacial score (nSPS) is 28.6. The number of amides is 1. The summed E-state index contributed by atoms with van der Waals surface area (Å²) in [6.45, 7) is 1.19. The smallest absolute Gasteiger partial charge is 0.251 e. The van der Waals surface area contributed by atoms with Crippen LogP contribution in [0.4, 0.5) is 0 Å². The molecule has 132 valence electrons. The highest BCUT2D eigenvalue weighted by molar-refractivity contribution is 5.95. The van der Waals surface area contributed by atoms with Crippen molar-refractivity contribution >= 4 is 5.91 Å². The molecule has 1 aromatic carbocycles. The average Bonchev–Trinajstić information content (AvgIpc) is 3.11. The maximum atomic E-state index is 12.4. The van der Waals surface area contributed by atoms with Gasteiger partial charge in [-0.2, -0.15) is 0 Å². The topological polar surface area (TPSA) is 106 Å². The summed E-state index contributed by atoms with van der Waals surface area (Å²) in [7, 11) is 1.56. The van der Waals surface area contributed by atoms with Crippen LogP contribution in [0.2, 0.25) is 0 Å². The molecular weight excluding hydrogens is 318 g/mol. The summed E-state index contributed by atoms with van der Waals surface area (Å²) in [6, 6.07) is 3.98. The fourth-order valence-corrected chi connectivity index (χ4v) is 2.90. The number of fused-ring (bicyclic) bond motifs is 1. The Morgan fingerprint density at radius 1 is 1.25 bits per heavy atom. The molecule has 3 N–H and O–H groups in total. The van der Waals surface area contributed by atoms with E-state index >= 15 is 0 Å². The quantitative estimate of drug-likeness (QED) is 0.610. The summed E-state index contributed by atoms with van der Waals surface area (Å²) >= 11 is 0. The van der Waals surface area contributed by atoms with Crippen LogP contribution in [0.15, 0.2) is 18.2 Å². The first kappa shape index (κ1) is 17.0. The molecule has 0 bridgehead atoms. The first-order chi connectivity index (χ1) is 11.6. The van der Waals surface area contributed by atoms with Crippen molar-refractivity contribution in [2.75, 3.05) is 33.5 Å². The van der Waals surface area contributed by atoms with E-state index in [0.717, 1.165) is 0 Å². The predicted octanol–water partition coefficient (Wildman–Crippen LogP) is -0.326. The third-order valence-electron chi connectivity index (χ3n) is 4.05. The number of ether oxygens (including phenoxy) is 4. The van der Waals surface area contributed by atoms with Gasteiger partial charge in [0.05, 0.1) is 25.9 Å². The van der Waals surface area contributed by atoms with Gasteiger partial charge in [0, 0.05) is 18.7 Å². The number of carbonyl (C=O) groups excluding carboxylic acids is 1. The van der Waals surface area contributed by atoms with Crippen LogP contribution < -0.4 is 10.1 Å². The highest BCUT2D eigenvalue weighted by Gasteiger charge is 2.47. The Kier molecular flexibility index (Phi) is 5.20. The Morgan fingerprint density at radius 3 is 2.83 bits per heavy atom. The third kappa shape index (κ3) is 3.62. The monoisotopic (exact) mass is 339 g/mol. The summed E-state index contributed by atoms with van der Waals surface area (Å²) in [5.74, 6) is -0.0600. The number of phenolic OH excluding ortho intramolecular Hbond substituents is 1. The molecule has 3 rings (SSSR count). The van der Waals surface area contributed by atoms with E-state index in [4.69, 9.17) is 18.9 Å². The number of nitrogens with one attached hydrogen (secondary N) is 1. The van der Waals surface area contributed by atoms with Crippen molar-refractivity contribution in [3.63, 3.8) is 0 Å². The Morgan fingerprint density at radius 2 is 2.04 bits per heavy atom. The minimum atomic E-state index is -0.668. The fraction of sp³-hybridized carbons (Fsp3) is 0.562. The lowest BCUT2D eigenvalue weighted by Gasteiger charge is -2.17. The molecule has 0 aliphatic carbocycles. The van der Waals surface area contributed by atoms with Crippen LogP contribution in [0, 0.1) is 0 Å². The van der Waals surface area contributed by atoms with Crippen LogP contribution in [-0.2, 0) is 14.2 Å². The van der Waals surface area contributed by atoms with Gasteiger partial charge in [0.1, 0.15) is 36.4 Å². The Labute approximate surface area is 139 Å². The second-order valence-electron chi connectivity index (χ2n) is 5.80. The molecule has 2 aliphatic rings. The maximum Gasteiger partial charge on any atom is 0.251 e. The van der Waals surface area contributed by atoms with Crippen molar-refractivity contribution in [3.05, 3.63) is 23.8 Å². The number of aliphatic hydroxyl groups is 1. The van der Waals surface area contributed by atoms with Crippen molar-refractivity contribution in [3.8, 4) is 11.5 Å². The zero-order chi connectivity index (χ0) is 17.1. The number of benzene rings is 1. The van der Waals surface area contributed by atoms with Crippen LogP contribution >= 0.6 is 0 Å². The standard InChI is InChI=1S/C16H21NO7/c1-21-2-3-22-11-5-9(4-10(18)6-11)16(20)17-12-7-23-15-13(19)8-24-14(12)15/h4-6,12-15,18-19H,2-3,7-8H2,1H3,(H,17,20)/t12-,13+,14+,15+/m0/s1. The van der Waals surface area contributed by atoms with Crippen molar-refractivity contribution in [2.24, 2.45) is 0 Å². The lowest BCUT2D eigenvalue weighted by atomic mass is 10.1. The van der Waals surface area contributed by atoms with Crippen molar-refractivity contribution in [1.82, 2.24) is 5.32 Å². The number of hydrogen-bond acceptors (Lipinski definition) is 7. The number of methoxy groups -OCH3 is 1. The zero-order valence-corrected chi connectivity index (χ0v) is 13.3.